The molecule has 0 fully saturated rings. The molecule has 0 spiro atoms. The second kappa shape index (κ2) is 8.10. The number of nitrogens with one attached hydrogen (secondary N) is 1. The normalized spacial score (nSPS) is 11.0. The molecule has 2 aromatic carbocycles. The van der Waals surface area contributed by atoms with Crippen molar-refractivity contribution in [3.8, 4) is 5.69 Å². The van der Waals surface area contributed by atoms with Crippen molar-refractivity contribution in [1.82, 2.24) is 9.13 Å². The predicted octanol–water partition coefficient (Wildman–Crippen LogP) is 4.47. The fourth-order valence-corrected chi connectivity index (χ4v) is 4.47. The summed E-state index contributed by atoms with van der Waals surface area (Å²) in [5, 5.41) is 5.26. The standard InChI is InChI=1S/C21H15Cl2N3O3S/c1-12-4-2-7-15(23)18(12)24-17(27)11-25-16-8-9-30-19(16)20(28)26(21(25)29)14-6-3-5-13(22)10-14/h2-10H,11H2,1H3,(H,24,27). The van der Waals surface area contributed by atoms with Crippen molar-refractivity contribution in [2.45, 2.75) is 13.5 Å². The van der Waals surface area contributed by atoms with Crippen molar-refractivity contribution < 1.29 is 4.79 Å². The summed E-state index contributed by atoms with van der Waals surface area (Å²) in [7, 11) is 0. The Labute approximate surface area is 184 Å². The summed E-state index contributed by atoms with van der Waals surface area (Å²) in [6.45, 7) is 1.54. The minimum atomic E-state index is -0.626. The number of aromatic nitrogens is 2. The minimum Gasteiger partial charge on any atom is -0.323 e. The maximum Gasteiger partial charge on any atom is 0.336 e. The van der Waals surface area contributed by atoms with E-state index in [0.29, 0.717) is 31.6 Å². The number of aryl methyl sites for hydroxylation is 1. The van der Waals surface area contributed by atoms with E-state index >= 15 is 0 Å². The van der Waals surface area contributed by atoms with Gasteiger partial charge >= 0.3 is 5.69 Å². The number of fused-ring (bicyclic) bond motifs is 1. The monoisotopic (exact) mass is 459 g/mol. The lowest BCUT2D eigenvalue weighted by atomic mass is 10.2. The molecule has 9 heteroatoms. The van der Waals surface area contributed by atoms with Crippen LogP contribution in [0.3, 0.4) is 0 Å². The van der Waals surface area contributed by atoms with Crippen LogP contribution >= 0.6 is 34.5 Å². The molecule has 2 heterocycles. The third-order valence-corrected chi connectivity index (χ3v) is 6.05. The molecule has 4 rings (SSSR count). The molecule has 0 radical (unpaired) electrons. The van der Waals surface area contributed by atoms with E-state index in [0.717, 1.165) is 10.1 Å². The molecule has 2 aromatic heterocycles. The Morgan fingerprint density at radius 2 is 1.87 bits per heavy atom. The van der Waals surface area contributed by atoms with E-state index in [1.165, 1.54) is 22.0 Å². The van der Waals surface area contributed by atoms with Crippen molar-refractivity contribution in [3.63, 3.8) is 0 Å². The van der Waals surface area contributed by atoms with Gasteiger partial charge in [0.15, 0.2) is 0 Å². The third-order valence-electron chi connectivity index (χ3n) is 4.61. The Morgan fingerprint density at radius 3 is 2.60 bits per heavy atom. The first-order valence-corrected chi connectivity index (χ1v) is 10.5. The zero-order valence-corrected chi connectivity index (χ0v) is 18.0. The summed E-state index contributed by atoms with van der Waals surface area (Å²) in [6, 6.07) is 13.4. The first-order chi connectivity index (χ1) is 14.4. The smallest absolute Gasteiger partial charge is 0.323 e. The zero-order chi connectivity index (χ0) is 21.4. The number of carbonyl (C=O) groups is 1. The highest BCUT2D eigenvalue weighted by Gasteiger charge is 2.18. The second-order valence-electron chi connectivity index (χ2n) is 6.60. The Morgan fingerprint density at radius 1 is 1.10 bits per heavy atom. The van der Waals surface area contributed by atoms with Gasteiger partial charge in [-0.25, -0.2) is 9.36 Å². The highest BCUT2D eigenvalue weighted by molar-refractivity contribution is 7.17. The molecule has 0 saturated carbocycles. The minimum absolute atomic E-state index is 0.280. The lowest BCUT2D eigenvalue weighted by Crippen LogP contribution is -2.40. The molecule has 6 nitrogen and oxygen atoms in total. The predicted molar refractivity (Wildman–Crippen MR) is 122 cm³/mol. The van der Waals surface area contributed by atoms with Crippen molar-refractivity contribution in [2.75, 3.05) is 5.32 Å². The topological polar surface area (TPSA) is 73.1 Å². The number of benzene rings is 2. The van der Waals surface area contributed by atoms with Crippen molar-refractivity contribution >= 4 is 56.3 Å². The van der Waals surface area contributed by atoms with E-state index in [2.05, 4.69) is 5.32 Å². The average molecular weight is 460 g/mol. The number of anilines is 1. The van der Waals surface area contributed by atoms with Crippen molar-refractivity contribution in [3.05, 3.63) is 90.4 Å². The summed E-state index contributed by atoms with van der Waals surface area (Å²) in [6.07, 6.45) is 0. The Bertz CT molecular complexity index is 1380. The average Bonchev–Trinajstić information content (AvgIpc) is 3.18. The van der Waals surface area contributed by atoms with Gasteiger partial charge in [0.1, 0.15) is 11.2 Å². The zero-order valence-electron chi connectivity index (χ0n) is 15.7. The SMILES string of the molecule is Cc1cccc(Cl)c1NC(=O)Cn1c(=O)n(-c2cccc(Cl)c2)c(=O)c2sccc21. The number of para-hydroxylation sites is 1. The summed E-state index contributed by atoms with van der Waals surface area (Å²) in [5.41, 5.74) is 0.947. The molecule has 0 unspecified atom stereocenters. The quantitative estimate of drug-likeness (QED) is 0.489. The van der Waals surface area contributed by atoms with Crippen LogP contribution in [0.5, 0.6) is 0 Å². The van der Waals surface area contributed by atoms with Gasteiger partial charge in [-0.15, -0.1) is 11.3 Å². The maximum absolute atomic E-state index is 13.2. The van der Waals surface area contributed by atoms with Gasteiger partial charge in [-0.3, -0.25) is 14.2 Å². The van der Waals surface area contributed by atoms with Crippen LogP contribution in [0.25, 0.3) is 15.9 Å². The number of nitrogens with zero attached hydrogens (tertiary/aromatic N) is 2. The highest BCUT2D eigenvalue weighted by atomic mass is 35.5. The molecule has 1 amide bonds. The molecule has 0 aliphatic carbocycles. The number of rotatable bonds is 4. The lowest BCUT2D eigenvalue weighted by molar-refractivity contribution is -0.116. The first kappa shape index (κ1) is 20.4. The van der Waals surface area contributed by atoms with Gasteiger partial charge in [0.05, 0.1) is 21.9 Å². The molecular weight excluding hydrogens is 445 g/mol. The maximum atomic E-state index is 13.2. The van der Waals surface area contributed by atoms with E-state index in [1.54, 1.807) is 41.8 Å². The molecule has 0 aliphatic heterocycles. The van der Waals surface area contributed by atoms with Crippen LogP contribution in [0.1, 0.15) is 5.56 Å². The second-order valence-corrected chi connectivity index (χ2v) is 8.36. The van der Waals surface area contributed by atoms with E-state index in [9.17, 15) is 14.4 Å². The molecule has 0 saturated heterocycles. The number of hydrogen-bond donors (Lipinski definition) is 1. The number of halogens is 2. The molecule has 1 N–H and O–H groups in total. The number of carbonyl (C=O) groups excluding carboxylic acids is 1. The van der Waals surface area contributed by atoms with Crippen LogP contribution < -0.4 is 16.6 Å². The van der Waals surface area contributed by atoms with Gasteiger partial charge < -0.3 is 5.32 Å². The number of thiophene rings is 1. The molecule has 0 bridgehead atoms. The lowest BCUT2D eigenvalue weighted by Gasteiger charge is -2.14. The van der Waals surface area contributed by atoms with Crippen LogP contribution in [0.15, 0.2) is 63.5 Å². The summed E-state index contributed by atoms with van der Waals surface area (Å²) >= 11 is 13.4. The van der Waals surface area contributed by atoms with Crippen LogP contribution in [0, 0.1) is 6.92 Å². The van der Waals surface area contributed by atoms with Gasteiger partial charge in [-0.05, 0) is 48.2 Å². The van der Waals surface area contributed by atoms with Crippen molar-refractivity contribution in [1.29, 1.82) is 0 Å². The molecule has 0 atom stereocenters. The number of hydrogen-bond acceptors (Lipinski definition) is 4. The largest absolute Gasteiger partial charge is 0.336 e. The van der Waals surface area contributed by atoms with E-state index in [4.69, 9.17) is 23.2 Å². The highest BCUT2D eigenvalue weighted by Crippen LogP contribution is 2.25. The molecule has 152 valence electrons. The molecule has 30 heavy (non-hydrogen) atoms. The summed E-state index contributed by atoms with van der Waals surface area (Å²) < 4.78 is 2.67. The Hall–Kier alpha value is -2.87. The van der Waals surface area contributed by atoms with E-state index < -0.39 is 17.2 Å². The van der Waals surface area contributed by atoms with Gasteiger partial charge in [0.2, 0.25) is 5.91 Å². The van der Waals surface area contributed by atoms with Gasteiger partial charge in [0, 0.05) is 5.02 Å². The van der Waals surface area contributed by atoms with Gasteiger partial charge in [-0.2, -0.15) is 0 Å². The van der Waals surface area contributed by atoms with Crippen molar-refractivity contribution in [2.24, 2.45) is 0 Å². The summed E-state index contributed by atoms with van der Waals surface area (Å²) in [4.78, 5) is 38.9. The molecule has 4 aromatic rings. The van der Waals surface area contributed by atoms with Crippen LogP contribution in [-0.4, -0.2) is 15.0 Å². The number of amides is 1. The van der Waals surface area contributed by atoms with Gasteiger partial charge in [0.25, 0.3) is 5.56 Å². The summed E-state index contributed by atoms with van der Waals surface area (Å²) in [5.74, 6) is -0.433. The fourth-order valence-electron chi connectivity index (χ4n) is 3.20. The van der Waals surface area contributed by atoms with Crippen LogP contribution in [0.2, 0.25) is 10.0 Å². The Balaban J connectivity index is 1.81. The van der Waals surface area contributed by atoms with Gasteiger partial charge in [-0.1, -0.05) is 41.4 Å². The molecule has 0 aliphatic rings. The van der Waals surface area contributed by atoms with Crippen LogP contribution in [-0.2, 0) is 11.3 Å². The molecular formula is C21H15Cl2N3O3S. The van der Waals surface area contributed by atoms with E-state index in [1.807, 2.05) is 13.0 Å². The first-order valence-electron chi connectivity index (χ1n) is 8.91. The van der Waals surface area contributed by atoms with Crippen LogP contribution in [0.4, 0.5) is 5.69 Å². The Kier molecular flexibility index (Phi) is 5.51. The van der Waals surface area contributed by atoms with E-state index in [-0.39, 0.29) is 6.54 Å². The third kappa shape index (κ3) is 3.67. The fraction of sp³-hybridized carbons (Fsp3) is 0.0952.